The minimum absolute atomic E-state index is 0. The summed E-state index contributed by atoms with van der Waals surface area (Å²) < 4.78 is 0. The van der Waals surface area contributed by atoms with Gasteiger partial charge in [0.15, 0.2) is 0 Å². The molecule has 0 N–H and O–H groups in total. The molecule has 0 aliphatic rings. The van der Waals surface area contributed by atoms with Crippen molar-refractivity contribution in [1.82, 2.24) is 0 Å². The van der Waals surface area contributed by atoms with E-state index in [0.29, 0.717) is 0 Å². The van der Waals surface area contributed by atoms with Crippen molar-refractivity contribution in [2.24, 2.45) is 0 Å². The summed E-state index contributed by atoms with van der Waals surface area (Å²) in [4.78, 5) is 0. The van der Waals surface area contributed by atoms with E-state index in [2.05, 4.69) is 0 Å². The average molecular weight is 2750 g/mol. The molecule has 0 aliphatic carbocycles. The topological polar surface area (TPSA) is 0 Å². The summed E-state index contributed by atoms with van der Waals surface area (Å²) in [7, 11) is 0. The molecule has 0 saturated heterocycles. The van der Waals surface area contributed by atoms with Gasteiger partial charge in [0, 0.05) is 1000 Å². The SMILES string of the molecule is [V].[V].[V].[V].[V].[V].[V].[V].[V].[V].[V].[V].[V].[V].[V].[V].[V].[V].[V].[V].[V].[V].[V].[V].[V].[V].[V].[V].[V].[V].[V].[V].[V].[V].[V].[V].[V].[V].[V].[V].[V].[V].[V].[V].[V].[V].[V].[V].[V].[V].[V].[V].[V].[V]. The molecule has 0 aliphatic heterocycles. The van der Waals surface area contributed by atoms with Gasteiger partial charge >= 0.3 is 0 Å². The second-order valence-electron chi connectivity index (χ2n) is 0. The van der Waals surface area contributed by atoms with E-state index in [-0.39, 0.29) is 1000 Å². The van der Waals surface area contributed by atoms with Crippen LogP contribution < -0.4 is 0 Å². The molecule has 0 nitrogen and oxygen atoms in total. The third kappa shape index (κ3) is 572. The van der Waals surface area contributed by atoms with Gasteiger partial charge in [0.1, 0.15) is 0 Å². The van der Waals surface area contributed by atoms with Gasteiger partial charge in [0.2, 0.25) is 0 Å². The molecule has 0 fully saturated rings. The summed E-state index contributed by atoms with van der Waals surface area (Å²) in [6.45, 7) is 0. The van der Waals surface area contributed by atoms with Crippen molar-refractivity contribution in [3.8, 4) is 0 Å². The van der Waals surface area contributed by atoms with Gasteiger partial charge in [-0.25, -0.2) is 0 Å². The molecule has 0 atom stereocenters. The minimum atomic E-state index is 0. The normalized spacial score (nSPS) is 0. The monoisotopic (exact) mass is 2750 g/mol. The van der Waals surface area contributed by atoms with E-state index in [1.165, 1.54) is 0 Å². The van der Waals surface area contributed by atoms with Crippen LogP contribution in [0.4, 0.5) is 0 Å². The largest absolute Gasteiger partial charge is 0 e. The van der Waals surface area contributed by atoms with Crippen LogP contribution >= 0.6 is 0 Å². The Balaban J connectivity index is 0. The molecule has 270 valence electrons. The Hall–Kier alpha value is 31.6. The molecular formula is V54. The van der Waals surface area contributed by atoms with Gasteiger partial charge in [0.05, 0.1) is 0 Å². The maximum atomic E-state index is 0. The van der Waals surface area contributed by atoms with Crippen molar-refractivity contribution in [3.63, 3.8) is 0 Å². The fourth-order valence-corrected chi connectivity index (χ4v) is 0. The molecule has 0 aromatic rings. The van der Waals surface area contributed by atoms with Crippen LogP contribution in [0.25, 0.3) is 0 Å². The average Bonchev–Trinajstić information content (AvgIpc) is 0. The van der Waals surface area contributed by atoms with Crippen molar-refractivity contribution in [2.45, 2.75) is 0 Å². The van der Waals surface area contributed by atoms with E-state index >= 15 is 0 Å². The fraction of sp³-hybridized carbons (Fsp3) is 0. The molecule has 0 amide bonds. The Morgan fingerprint density at radius 1 is 0.0185 bits per heavy atom. The summed E-state index contributed by atoms with van der Waals surface area (Å²) in [6.07, 6.45) is 0. The molecule has 0 saturated carbocycles. The van der Waals surface area contributed by atoms with Crippen LogP contribution in [-0.2, 0) is 1000 Å². The third-order valence-electron chi connectivity index (χ3n) is 0. The smallest absolute Gasteiger partial charge is 0 e. The zero-order chi connectivity index (χ0) is 0. The summed E-state index contributed by atoms with van der Waals surface area (Å²) in [5, 5.41) is 0. The second kappa shape index (κ2) is 593. The summed E-state index contributed by atoms with van der Waals surface area (Å²) >= 11 is 0. The Morgan fingerprint density at radius 2 is 0.0185 bits per heavy atom. The molecule has 54 radical (unpaired) electrons. The first-order chi connectivity index (χ1) is 0. The van der Waals surface area contributed by atoms with E-state index in [1.54, 1.807) is 0 Å². The summed E-state index contributed by atoms with van der Waals surface area (Å²) in [6, 6.07) is 0. The van der Waals surface area contributed by atoms with Crippen LogP contribution in [0.3, 0.4) is 0 Å². The van der Waals surface area contributed by atoms with Crippen LogP contribution in [0.5, 0.6) is 0 Å². The van der Waals surface area contributed by atoms with Gasteiger partial charge in [-0.15, -0.1) is 0 Å². The molecule has 54 heteroatoms. The molecule has 0 rings (SSSR count). The Bertz CT molecular complexity index is 0. The van der Waals surface area contributed by atoms with Crippen LogP contribution in [-0.4, -0.2) is 0 Å². The van der Waals surface area contributed by atoms with Crippen molar-refractivity contribution < 1.29 is 1000 Å². The van der Waals surface area contributed by atoms with Crippen molar-refractivity contribution in [2.75, 3.05) is 0 Å². The molecule has 0 aromatic heterocycles. The predicted molar refractivity (Wildman–Crippen MR) is 0 cm³/mol. The quantitative estimate of drug-likeness (QED) is 0.318. The van der Waals surface area contributed by atoms with Gasteiger partial charge in [-0.1, -0.05) is 0 Å². The van der Waals surface area contributed by atoms with Crippen molar-refractivity contribution >= 4 is 0 Å². The predicted octanol–water partition coefficient (Wildman–Crippen LogP) is -0.135. The summed E-state index contributed by atoms with van der Waals surface area (Å²) in [5.41, 5.74) is 0. The minimum Gasteiger partial charge on any atom is 0 e. The molecular weight excluding hydrogens is 2750 g/mol. The van der Waals surface area contributed by atoms with Gasteiger partial charge in [-0.2, -0.15) is 0 Å². The first-order valence-electron chi connectivity index (χ1n) is 0. The maximum Gasteiger partial charge on any atom is 0 e. The molecule has 54 heavy (non-hydrogen) atoms. The van der Waals surface area contributed by atoms with Gasteiger partial charge in [0.25, 0.3) is 0 Å². The zero-order valence-electron chi connectivity index (χ0n) is 24.1. The number of hydrogen-bond acceptors (Lipinski definition) is 0. The Labute approximate surface area is 974 Å². The van der Waals surface area contributed by atoms with Gasteiger partial charge in [-0.05, 0) is 0 Å². The molecule has 0 aromatic carbocycles. The first-order valence-corrected chi connectivity index (χ1v) is 0. The van der Waals surface area contributed by atoms with E-state index in [9.17, 15) is 0 Å². The van der Waals surface area contributed by atoms with Crippen molar-refractivity contribution in [1.29, 1.82) is 0 Å². The molecule has 0 heterocycles. The van der Waals surface area contributed by atoms with Crippen LogP contribution in [0.2, 0.25) is 0 Å². The van der Waals surface area contributed by atoms with E-state index < -0.39 is 0 Å². The fourth-order valence-electron chi connectivity index (χ4n) is 0. The van der Waals surface area contributed by atoms with E-state index in [4.69, 9.17) is 0 Å². The van der Waals surface area contributed by atoms with Crippen molar-refractivity contribution in [3.05, 3.63) is 0 Å². The van der Waals surface area contributed by atoms with Gasteiger partial charge < -0.3 is 0 Å². The van der Waals surface area contributed by atoms with Gasteiger partial charge in [-0.3, -0.25) is 0 Å². The van der Waals surface area contributed by atoms with Crippen LogP contribution in [0, 0.1) is 0 Å². The molecule has 0 unspecified atom stereocenters. The molecule has 0 bridgehead atoms. The van der Waals surface area contributed by atoms with E-state index in [0.717, 1.165) is 0 Å². The van der Waals surface area contributed by atoms with Crippen LogP contribution in [0.1, 0.15) is 0 Å². The van der Waals surface area contributed by atoms with E-state index in [1.807, 2.05) is 0 Å². The zero-order valence-corrected chi connectivity index (χ0v) is 99.6. The summed E-state index contributed by atoms with van der Waals surface area (Å²) in [5.74, 6) is 0. The number of hydrogen-bond donors (Lipinski definition) is 0. The van der Waals surface area contributed by atoms with Crippen LogP contribution in [0.15, 0.2) is 0 Å². The standard InChI is InChI=1S/54V. The second-order valence-corrected chi connectivity index (χ2v) is 0. The maximum absolute atomic E-state index is 0. The molecule has 0 spiro atoms. The Kier molecular flexibility index (Phi) is 6740. The first kappa shape index (κ1) is 614. The third-order valence-corrected chi connectivity index (χ3v) is 0. The number of rotatable bonds is 0. The Morgan fingerprint density at radius 3 is 0.0185 bits per heavy atom.